The third kappa shape index (κ3) is 5.43. The van der Waals surface area contributed by atoms with Crippen LogP contribution >= 0.6 is 34.9 Å². The highest BCUT2D eigenvalue weighted by Crippen LogP contribution is 2.28. The summed E-state index contributed by atoms with van der Waals surface area (Å²) >= 11 is 4.42. The van der Waals surface area contributed by atoms with Crippen LogP contribution in [0.25, 0.3) is 0 Å². The fourth-order valence-corrected chi connectivity index (χ4v) is 4.20. The van der Waals surface area contributed by atoms with Crippen LogP contribution in [0.15, 0.2) is 39.0 Å². The van der Waals surface area contributed by atoms with Crippen LogP contribution in [0.1, 0.15) is 23.7 Å². The number of carbonyl (C=O) groups is 2. The zero-order valence-electron chi connectivity index (χ0n) is 11.9. The van der Waals surface area contributed by atoms with Crippen LogP contribution in [-0.2, 0) is 4.79 Å². The van der Waals surface area contributed by atoms with Gasteiger partial charge in [0.05, 0.1) is 5.75 Å². The molecule has 1 aromatic heterocycles. The fourth-order valence-electron chi connectivity index (χ4n) is 1.45. The predicted octanol–water partition coefficient (Wildman–Crippen LogP) is 3.09. The van der Waals surface area contributed by atoms with E-state index in [2.05, 4.69) is 22.4 Å². The standard InChI is InChI=1S/C14H15N3O2S3/c1-2-8-20-13-16-17-14(22-13)21-9-11(18)15-12(19)10-6-4-3-5-7-10/h3-7H,2,8-9H2,1H3,(H,15,18,19). The highest BCUT2D eigenvalue weighted by Gasteiger charge is 2.12. The summed E-state index contributed by atoms with van der Waals surface area (Å²) in [5.74, 6) is 0.427. The van der Waals surface area contributed by atoms with Gasteiger partial charge in [-0.15, -0.1) is 10.2 Å². The van der Waals surface area contributed by atoms with Crippen LogP contribution in [0.2, 0.25) is 0 Å². The molecule has 1 aromatic carbocycles. The first kappa shape index (κ1) is 17.0. The minimum absolute atomic E-state index is 0.144. The summed E-state index contributed by atoms with van der Waals surface area (Å²) in [6.07, 6.45) is 1.08. The predicted molar refractivity (Wildman–Crippen MR) is 90.6 cm³/mol. The fraction of sp³-hybridized carbons (Fsp3) is 0.286. The van der Waals surface area contributed by atoms with Gasteiger partial charge in [0.1, 0.15) is 0 Å². The quantitative estimate of drug-likeness (QED) is 0.771. The Morgan fingerprint density at radius 3 is 2.50 bits per heavy atom. The van der Waals surface area contributed by atoms with Crippen molar-refractivity contribution in [1.29, 1.82) is 0 Å². The monoisotopic (exact) mass is 353 g/mol. The van der Waals surface area contributed by atoms with E-state index in [9.17, 15) is 9.59 Å². The first-order valence-corrected chi connectivity index (χ1v) is 9.46. The van der Waals surface area contributed by atoms with Crippen molar-refractivity contribution in [3.63, 3.8) is 0 Å². The molecular formula is C14H15N3O2S3. The molecule has 8 heteroatoms. The summed E-state index contributed by atoms with van der Waals surface area (Å²) in [6.45, 7) is 2.11. The van der Waals surface area contributed by atoms with Crippen molar-refractivity contribution in [2.75, 3.05) is 11.5 Å². The minimum Gasteiger partial charge on any atom is -0.292 e. The molecule has 1 heterocycles. The average molecular weight is 353 g/mol. The largest absolute Gasteiger partial charge is 0.292 e. The van der Waals surface area contributed by atoms with E-state index in [1.54, 1.807) is 36.0 Å². The molecule has 2 aromatic rings. The maximum atomic E-state index is 11.8. The number of carbonyl (C=O) groups excluding carboxylic acids is 2. The number of nitrogens with one attached hydrogen (secondary N) is 1. The molecule has 0 atom stereocenters. The highest BCUT2D eigenvalue weighted by molar-refractivity contribution is 8.03. The average Bonchev–Trinajstić information content (AvgIpc) is 2.99. The Morgan fingerprint density at radius 2 is 1.82 bits per heavy atom. The Morgan fingerprint density at radius 1 is 1.14 bits per heavy atom. The molecule has 1 N–H and O–H groups in total. The lowest BCUT2D eigenvalue weighted by molar-refractivity contribution is -0.117. The Kier molecular flexibility index (Phi) is 6.88. The van der Waals surface area contributed by atoms with Gasteiger partial charge in [0.15, 0.2) is 8.68 Å². The van der Waals surface area contributed by atoms with Gasteiger partial charge in [-0.25, -0.2) is 0 Å². The maximum absolute atomic E-state index is 11.8. The first-order chi connectivity index (χ1) is 10.7. The molecule has 0 radical (unpaired) electrons. The van der Waals surface area contributed by atoms with Gasteiger partial charge in [-0.05, 0) is 18.6 Å². The van der Waals surface area contributed by atoms with Crippen molar-refractivity contribution in [3.8, 4) is 0 Å². The number of nitrogens with zero attached hydrogens (tertiary/aromatic N) is 2. The van der Waals surface area contributed by atoms with Gasteiger partial charge in [0.25, 0.3) is 5.91 Å². The molecule has 2 rings (SSSR count). The molecule has 0 aliphatic heterocycles. The van der Waals surface area contributed by atoms with Crippen LogP contribution in [0.3, 0.4) is 0 Å². The third-order valence-electron chi connectivity index (χ3n) is 2.43. The van der Waals surface area contributed by atoms with Gasteiger partial charge >= 0.3 is 0 Å². The van der Waals surface area contributed by atoms with E-state index in [0.717, 1.165) is 20.9 Å². The van der Waals surface area contributed by atoms with Crippen molar-refractivity contribution in [3.05, 3.63) is 35.9 Å². The van der Waals surface area contributed by atoms with E-state index < -0.39 is 0 Å². The van der Waals surface area contributed by atoms with Crippen molar-refractivity contribution < 1.29 is 9.59 Å². The van der Waals surface area contributed by atoms with E-state index in [-0.39, 0.29) is 17.6 Å². The van der Waals surface area contributed by atoms with Crippen LogP contribution in [0.5, 0.6) is 0 Å². The summed E-state index contributed by atoms with van der Waals surface area (Å²) in [7, 11) is 0. The van der Waals surface area contributed by atoms with E-state index in [4.69, 9.17) is 0 Å². The molecule has 0 fully saturated rings. The van der Waals surface area contributed by atoms with E-state index in [0.29, 0.717) is 5.56 Å². The first-order valence-electron chi connectivity index (χ1n) is 6.67. The summed E-state index contributed by atoms with van der Waals surface area (Å²) in [4.78, 5) is 23.6. The molecule has 0 aliphatic carbocycles. The van der Waals surface area contributed by atoms with Crippen LogP contribution in [-0.4, -0.2) is 33.5 Å². The lowest BCUT2D eigenvalue weighted by Gasteiger charge is -2.02. The molecule has 0 bridgehead atoms. The summed E-state index contributed by atoms with van der Waals surface area (Å²) in [5, 5.41) is 10.4. The zero-order chi connectivity index (χ0) is 15.8. The van der Waals surface area contributed by atoms with Gasteiger partial charge in [0.2, 0.25) is 5.91 Å². The highest BCUT2D eigenvalue weighted by atomic mass is 32.2. The van der Waals surface area contributed by atoms with Crippen molar-refractivity contribution >= 4 is 46.7 Å². The molecule has 22 heavy (non-hydrogen) atoms. The van der Waals surface area contributed by atoms with Crippen molar-refractivity contribution in [2.45, 2.75) is 22.0 Å². The SMILES string of the molecule is CCCSc1nnc(SCC(=O)NC(=O)c2ccccc2)s1. The lowest BCUT2D eigenvalue weighted by Crippen LogP contribution is -2.31. The van der Waals surface area contributed by atoms with Crippen LogP contribution < -0.4 is 5.32 Å². The number of imide groups is 1. The molecule has 2 amide bonds. The Bertz CT molecular complexity index is 631. The van der Waals surface area contributed by atoms with Gasteiger partial charge in [-0.2, -0.15) is 0 Å². The molecule has 116 valence electrons. The van der Waals surface area contributed by atoms with Gasteiger partial charge < -0.3 is 0 Å². The second-order valence-corrected chi connectivity index (χ2v) is 7.76. The number of benzene rings is 1. The lowest BCUT2D eigenvalue weighted by atomic mass is 10.2. The van der Waals surface area contributed by atoms with E-state index in [1.807, 2.05) is 6.07 Å². The number of hydrogen-bond acceptors (Lipinski definition) is 7. The molecule has 0 unspecified atom stereocenters. The number of rotatable bonds is 7. The molecule has 0 saturated heterocycles. The molecule has 0 aliphatic rings. The van der Waals surface area contributed by atoms with Gasteiger partial charge in [-0.3, -0.25) is 14.9 Å². The smallest absolute Gasteiger partial charge is 0.257 e. The maximum Gasteiger partial charge on any atom is 0.257 e. The summed E-state index contributed by atoms with van der Waals surface area (Å²) in [6, 6.07) is 8.66. The molecule has 0 spiro atoms. The normalized spacial score (nSPS) is 10.4. The van der Waals surface area contributed by atoms with Gasteiger partial charge in [-0.1, -0.05) is 60.0 Å². The Labute approximate surface area is 141 Å². The Balaban J connectivity index is 1.78. The second kappa shape index (κ2) is 8.92. The van der Waals surface area contributed by atoms with Crippen LogP contribution in [0.4, 0.5) is 0 Å². The van der Waals surface area contributed by atoms with E-state index >= 15 is 0 Å². The molecule has 5 nitrogen and oxygen atoms in total. The Hall–Kier alpha value is -1.38. The van der Waals surface area contributed by atoms with Crippen molar-refractivity contribution in [2.24, 2.45) is 0 Å². The summed E-state index contributed by atoms with van der Waals surface area (Å²) in [5.41, 5.74) is 0.468. The molecular weight excluding hydrogens is 338 g/mol. The third-order valence-corrected chi connectivity index (χ3v) is 5.83. The van der Waals surface area contributed by atoms with Crippen molar-refractivity contribution in [1.82, 2.24) is 15.5 Å². The topological polar surface area (TPSA) is 72.0 Å². The second-order valence-electron chi connectivity index (χ2n) is 4.21. The molecule has 0 saturated carbocycles. The number of aromatic nitrogens is 2. The zero-order valence-corrected chi connectivity index (χ0v) is 14.4. The summed E-state index contributed by atoms with van der Waals surface area (Å²) < 4.78 is 1.64. The number of thioether (sulfide) groups is 2. The van der Waals surface area contributed by atoms with Crippen LogP contribution in [0, 0.1) is 0 Å². The van der Waals surface area contributed by atoms with E-state index in [1.165, 1.54) is 23.1 Å². The number of amides is 2. The van der Waals surface area contributed by atoms with Gasteiger partial charge in [0, 0.05) is 11.3 Å². The minimum atomic E-state index is -0.386. The number of hydrogen-bond donors (Lipinski definition) is 1.